The Kier molecular flexibility index (Phi) is 4.80. The van der Waals surface area contributed by atoms with Crippen molar-refractivity contribution in [3.8, 4) is 11.5 Å². The van der Waals surface area contributed by atoms with Gasteiger partial charge in [-0.2, -0.15) is 0 Å². The number of hydrogen-bond donors (Lipinski definition) is 2. The summed E-state index contributed by atoms with van der Waals surface area (Å²) in [6.45, 7) is 3.52. The number of hydrogen-bond acceptors (Lipinski definition) is 5. The zero-order valence-corrected chi connectivity index (χ0v) is 16.1. The summed E-state index contributed by atoms with van der Waals surface area (Å²) in [5, 5.41) is 12.9. The van der Waals surface area contributed by atoms with Gasteiger partial charge in [-0.05, 0) is 61.4 Å². The molecule has 1 aromatic heterocycles. The number of benzene rings is 2. The quantitative estimate of drug-likeness (QED) is 0.687. The molecule has 1 aliphatic heterocycles. The number of carbonyl (C=O) groups is 2. The van der Waals surface area contributed by atoms with E-state index in [1.807, 2.05) is 31.2 Å². The van der Waals surface area contributed by atoms with Gasteiger partial charge in [0.15, 0.2) is 0 Å². The Balaban J connectivity index is 1.66. The van der Waals surface area contributed by atoms with Gasteiger partial charge in [-0.25, -0.2) is 9.78 Å². The minimum atomic E-state index is -0.991. The molecule has 3 aromatic rings. The van der Waals surface area contributed by atoms with Crippen molar-refractivity contribution >= 4 is 23.3 Å². The fourth-order valence-corrected chi connectivity index (χ4v) is 3.89. The first-order valence-electron chi connectivity index (χ1n) is 9.37. The van der Waals surface area contributed by atoms with Crippen LogP contribution in [-0.2, 0) is 4.79 Å². The van der Waals surface area contributed by atoms with E-state index in [2.05, 4.69) is 10.3 Å². The first kappa shape index (κ1) is 18.7. The molecule has 29 heavy (non-hydrogen) atoms. The van der Waals surface area contributed by atoms with Crippen LogP contribution in [0, 0.1) is 0 Å². The van der Waals surface area contributed by atoms with Gasteiger partial charge in [0, 0.05) is 29.9 Å². The van der Waals surface area contributed by atoms with Crippen LogP contribution >= 0.6 is 0 Å². The Morgan fingerprint density at radius 2 is 1.97 bits per heavy atom. The second-order valence-corrected chi connectivity index (χ2v) is 7.16. The van der Waals surface area contributed by atoms with Crippen molar-refractivity contribution in [2.24, 2.45) is 0 Å². The molecule has 0 saturated carbocycles. The van der Waals surface area contributed by atoms with Crippen LogP contribution in [0.4, 0.5) is 11.4 Å². The molecule has 148 valence electrons. The summed E-state index contributed by atoms with van der Waals surface area (Å²) in [5.41, 5.74) is 3.51. The molecule has 0 radical (unpaired) electrons. The number of carbonyl (C=O) groups excluding carboxylic acids is 1. The molecule has 7 nitrogen and oxygen atoms in total. The fourth-order valence-electron chi connectivity index (χ4n) is 3.89. The highest BCUT2D eigenvalue weighted by Crippen LogP contribution is 2.39. The van der Waals surface area contributed by atoms with E-state index in [9.17, 15) is 14.7 Å². The van der Waals surface area contributed by atoms with Gasteiger partial charge in [0.1, 0.15) is 6.26 Å². The van der Waals surface area contributed by atoms with Crippen LogP contribution in [0.5, 0.6) is 0 Å². The molecular weight excluding hydrogens is 370 g/mol. The Morgan fingerprint density at radius 3 is 2.59 bits per heavy atom. The number of aromatic carboxylic acids is 1. The van der Waals surface area contributed by atoms with E-state index in [0.717, 1.165) is 22.5 Å². The maximum Gasteiger partial charge on any atom is 0.335 e. The van der Waals surface area contributed by atoms with Crippen molar-refractivity contribution in [1.82, 2.24) is 4.98 Å². The third-order valence-corrected chi connectivity index (χ3v) is 5.17. The third-order valence-electron chi connectivity index (χ3n) is 5.17. The monoisotopic (exact) mass is 391 g/mol. The minimum absolute atomic E-state index is 0.0141. The van der Waals surface area contributed by atoms with E-state index in [1.165, 1.54) is 19.3 Å². The van der Waals surface area contributed by atoms with Gasteiger partial charge < -0.3 is 19.7 Å². The molecule has 2 N–H and O–H groups in total. The van der Waals surface area contributed by atoms with Gasteiger partial charge in [-0.1, -0.05) is 0 Å². The van der Waals surface area contributed by atoms with Crippen molar-refractivity contribution in [3.63, 3.8) is 0 Å². The molecule has 7 heteroatoms. The van der Waals surface area contributed by atoms with Gasteiger partial charge in [-0.3, -0.25) is 4.79 Å². The van der Waals surface area contributed by atoms with Crippen LogP contribution in [-0.4, -0.2) is 28.0 Å². The molecule has 0 saturated heterocycles. The standard InChI is InChI=1S/C22H21N3O4/c1-13-11-19(24-17-6-3-15(4-7-17)21-23-9-10-29-21)18-12-16(22(27)28)5-8-20(18)25(13)14(2)26/h3-10,12-13,19,24H,11H2,1-2H3,(H,27,28). The van der Waals surface area contributed by atoms with Gasteiger partial charge in [0.25, 0.3) is 0 Å². The van der Waals surface area contributed by atoms with E-state index in [1.54, 1.807) is 23.2 Å². The number of fused-ring (bicyclic) bond motifs is 1. The number of aromatic nitrogens is 1. The Morgan fingerprint density at radius 1 is 1.21 bits per heavy atom. The summed E-state index contributed by atoms with van der Waals surface area (Å²) < 4.78 is 5.32. The molecule has 1 amide bonds. The molecule has 1 aliphatic rings. The van der Waals surface area contributed by atoms with Gasteiger partial charge in [0.2, 0.25) is 11.8 Å². The van der Waals surface area contributed by atoms with Crippen molar-refractivity contribution in [2.45, 2.75) is 32.4 Å². The second kappa shape index (κ2) is 7.43. The van der Waals surface area contributed by atoms with Crippen LogP contribution in [0.2, 0.25) is 0 Å². The summed E-state index contributed by atoms with van der Waals surface area (Å²) in [4.78, 5) is 29.5. The Bertz CT molecular complexity index is 1040. The number of oxazole rings is 1. The van der Waals surface area contributed by atoms with Crippen molar-refractivity contribution in [2.75, 3.05) is 10.2 Å². The Labute approximate surface area is 168 Å². The molecule has 0 spiro atoms. The molecule has 0 aliphatic carbocycles. The lowest BCUT2D eigenvalue weighted by atomic mass is 9.90. The predicted octanol–water partition coefficient (Wildman–Crippen LogP) is 4.34. The van der Waals surface area contributed by atoms with Gasteiger partial charge in [-0.15, -0.1) is 0 Å². The first-order valence-corrected chi connectivity index (χ1v) is 9.37. The van der Waals surface area contributed by atoms with Crippen LogP contribution in [0.15, 0.2) is 59.3 Å². The molecule has 4 rings (SSSR count). The number of carboxylic acid groups (broad SMARTS) is 1. The van der Waals surface area contributed by atoms with E-state index >= 15 is 0 Å². The average molecular weight is 391 g/mol. The smallest absolute Gasteiger partial charge is 0.335 e. The normalized spacial score (nSPS) is 18.2. The molecule has 2 atom stereocenters. The number of carboxylic acids is 1. The topological polar surface area (TPSA) is 95.7 Å². The lowest BCUT2D eigenvalue weighted by Crippen LogP contribution is -2.43. The number of anilines is 2. The van der Waals surface area contributed by atoms with Crippen LogP contribution in [0.25, 0.3) is 11.5 Å². The zero-order valence-electron chi connectivity index (χ0n) is 16.1. The number of nitrogens with zero attached hydrogens (tertiary/aromatic N) is 2. The summed E-state index contributed by atoms with van der Waals surface area (Å²) in [5.74, 6) is -0.498. The lowest BCUT2D eigenvalue weighted by Gasteiger charge is -2.39. The summed E-state index contributed by atoms with van der Waals surface area (Å²) in [7, 11) is 0. The van der Waals surface area contributed by atoms with Crippen LogP contribution in [0.1, 0.15) is 42.2 Å². The SMILES string of the molecule is CC(=O)N1c2ccc(C(=O)O)cc2C(Nc2ccc(-c3ncco3)cc2)CC1C. The van der Waals surface area contributed by atoms with E-state index < -0.39 is 5.97 Å². The number of rotatable bonds is 4. The molecule has 2 aromatic carbocycles. The van der Waals surface area contributed by atoms with E-state index in [4.69, 9.17) is 4.42 Å². The highest BCUT2D eigenvalue weighted by Gasteiger charge is 2.33. The van der Waals surface area contributed by atoms with Crippen molar-refractivity contribution < 1.29 is 19.1 Å². The molecular formula is C22H21N3O4. The summed E-state index contributed by atoms with van der Waals surface area (Å²) >= 11 is 0. The second-order valence-electron chi connectivity index (χ2n) is 7.16. The average Bonchev–Trinajstić information content (AvgIpc) is 3.22. The highest BCUT2D eigenvalue weighted by atomic mass is 16.4. The first-order chi connectivity index (χ1) is 13.9. The predicted molar refractivity (Wildman–Crippen MR) is 109 cm³/mol. The third kappa shape index (κ3) is 3.59. The molecule has 2 heterocycles. The Hall–Kier alpha value is -3.61. The molecule has 0 fully saturated rings. The van der Waals surface area contributed by atoms with Crippen molar-refractivity contribution in [1.29, 1.82) is 0 Å². The molecule has 0 bridgehead atoms. The maximum absolute atomic E-state index is 12.2. The van der Waals surface area contributed by atoms with E-state index in [0.29, 0.717) is 12.3 Å². The minimum Gasteiger partial charge on any atom is -0.478 e. The van der Waals surface area contributed by atoms with Crippen LogP contribution in [0.3, 0.4) is 0 Å². The van der Waals surface area contributed by atoms with Crippen molar-refractivity contribution in [3.05, 3.63) is 66.1 Å². The summed E-state index contributed by atoms with van der Waals surface area (Å²) in [6, 6.07) is 12.5. The molecule has 2 unspecified atom stereocenters. The zero-order chi connectivity index (χ0) is 20.5. The number of amides is 1. The van der Waals surface area contributed by atoms with Gasteiger partial charge in [0.05, 0.1) is 17.8 Å². The summed E-state index contributed by atoms with van der Waals surface area (Å²) in [6.07, 6.45) is 3.79. The lowest BCUT2D eigenvalue weighted by molar-refractivity contribution is -0.117. The highest BCUT2D eigenvalue weighted by molar-refractivity contribution is 5.95. The fraction of sp³-hybridized carbons (Fsp3) is 0.227. The van der Waals surface area contributed by atoms with Gasteiger partial charge >= 0.3 is 5.97 Å². The van der Waals surface area contributed by atoms with E-state index in [-0.39, 0.29) is 23.6 Å². The number of nitrogens with one attached hydrogen (secondary N) is 1. The largest absolute Gasteiger partial charge is 0.478 e. The maximum atomic E-state index is 12.2. The van der Waals surface area contributed by atoms with Crippen LogP contribution < -0.4 is 10.2 Å².